The second kappa shape index (κ2) is 4.17. The molecule has 17 heavy (non-hydrogen) atoms. The zero-order valence-corrected chi connectivity index (χ0v) is 10.8. The molecule has 1 aliphatic carbocycles. The summed E-state index contributed by atoms with van der Waals surface area (Å²) in [5.41, 5.74) is -0.616. The second-order valence-corrected chi connectivity index (χ2v) is 5.58. The highest BCUT2D eigenvalue weighted by molar-refractivity contribution is 5.82. The molecule has 1 saturated heterocycles. The lowest BCUT2D eigenvalue weighted by Crippen LogP contribution is -2.35. The first-order chi connectivity index (χ1) is 7.98. The van der Waals surface area contributed by atoms with Crippen molar-refractivity contribution in [1.29, 1.82) is 0 Å². The highest BCUT2D eigenvalue weighted by Gasteiger charge is 2.56. The van der Waals surface area contributed by atoms with E-state index in [9.17, 15) is 4.79 Å². The molecule has 1 heterocycles. The van der Waals surface area contributed by atoms with Crippen LogP contribution in [0.25, 0.3) is 0 Å². The average molecular weight is 232 g/mol. The van der Waals surface area contributed by atoms with E-state index >= 15 is 0 Å². The minimum absolute atomic E-state index is 0.105. The topological polar surface area (TPSA) is 26.3 Å². The summed E-state index contributed by atoms with van der Waals surface area (Å²) in [6.45, 7) is 6.12. The number of ether oxygens (including phenoxy) is 1. The van der Waals surface area contributed by atoms with Gasteiger partial charge in [0.2, 0.25) is 0 Å². The summed E-state index contributed by atoms with van der Waals surface area (Å²) in [7, 11) is 0. The number of hydrogen-bond donors (Lipinski definition) is 0. The molecule has 1 unspecified atom stereocenters. The van der Waals surface area contributed by atoms with E-state index in [1.54, 1.807) is 0 Å². The molecule has 1 aliphatic heterocycles. The van der Waals surface area contributed by atoms with Crippen molar-refractivity contribution < 1.29 is 9.53 Å². The Morgan fingerprint density at radius 3 is 2.71 bits per heavy atom. The minimum atomic E-state index is -0.435. The molecular formula is C15H20O2. The third-order valence-corrected chi connectivity index (χ3v) is 4.29. The lowest BCUT2D eigenvalue weighted by Gasteiger charge is -2.34. The quantitative estimate of drug-likeness (QED) is 0.594. The van der Waals surface area contributed by atoms with Crippen LogP contribution in [0.1, 0.15) is 40.0 Å². The van der Waals surface area contributed by atoms with E-state index < -0.39 is 5.41 Å². The molecule has 0 radical (unpaired) electrons. The number of allylic oxidation sites excluding steroid dienone is 6. The lowest BCUT2D eigenvalue weighted by molar-refractivity contribution is -0.144. The molecule has 1 atom stereocenters. The van der Waals surface area contributed by atoms with Crippen molar-refractivity contribution in [2.24, 2.45) is 10.8 Å². The Labute approximate surface area is 103 Å². The van der Waals surface area contributed by atoms with Gasteiger partial charge in [-0.05, 0) is 39.2 Å². The van der Waals surface area contributed by atoms with Gasteiger partial charge in [0.05, 0.1) is 5.41 Å². The Bertz CT molecular complexity index is 413. The molecule has 0 aromatic heterocycles. The van der Waals surface area contributed by atoms with Crippen LogP contribution in [0.3, 0.4) is 0 Å². The SMILES string of the molecule is CC1(C)C(=O)O/C2=C/C=C\C=C/CCCC21C. The fraction of sp³-hybridized carbons (Fsp3) is 0.533. The van der Waals surface area contributed by atoms with E-state index in [1.165, 1.54) is 0 Å². The van der Waals surface area contributed by atoms with Crippen LogP contribution in [0.2, 0.25) is 0 Å². The Kier molecular flexibility index (Phi) is 2.98. The summed E-state index contributed by atoms with van der Waals surface area (Å²) in [6.07, 6.45) is 13.2. The maximum atomic E-state index is 12.0. The molecule has 2 aliphatic rings. The van der Waals surface area contributed by atoms with Gasteiger partial charge in [0, 0.05) is 5.41 Å². The van der Waals surface area contributed by atoms with E-state index in [0.717, 1.165) is 25.0 Å². The number of fused-ring (bicyclic) bond motifs is 1. The third-order valence-electron chi connectivity index (χ3n) is 4.29. The smallest absolute Gasteiger partial charge is 0.317 e. The van der Waals surface area contributed by atoms with Gasteiger partial charge in [-0.15, -0.1) is 0 Å². The van der Waals surface area contributed by atoms with Crippen LogP contribution in [0, 0.1) is 10.8 Å². The predicted octanol–water partition coefficient (Wildman–Crippen LogP) is 3.76. The number of carbonyl (C=O) groups is 1. The van der Waals surface area contributed by atoms with E-state index in [1.807, 2.05) is 38.2 Å². The fourth-order valence-electron chi connectivity index (χ4n) is 2.48. The van der Waals surface area contributed by atoms with Gasteiger partial charge in [0.25, 0.3) is 0 Å². The first-order valence-electron chi connectivity index (χ1n) is 6.25. The van der Waals surface area contributed by atoms with E-state index in [2.05, 4.69) is 13.0 Å². The monoisotopic (exact) mass is 232 g/mol. The normalized spacial score (nSPS) is 38.5. The van der Waals surface area contributed by atoms with E-state index in [0.29, 0.717) is 0 Å². The molecule has 0 saturated carbocycles. The van der Waals surface area contributed by atoms with Gasteiger partial charge in [-0.1, -0.05) is 31.2 Å². The van der Waals surface area contributed by atoms with Crippen molar-refractivity contribution in [3.05, 3.63) is 36.1 Å². The van der Waals surface area contributed by atoms with Gasteiger partial charge in [0.15, 0.2) is 0 Å². The van der Waals surface area contributed by atoms with E-state index in [-0.39, 0.29) is 11.4 Å². The molecule has 0 aromatic rings. The molecule has 0 aromatic carbocycles. The fourth-order valence-corrected chi connectivity index (χ4v) is 2.48. The largest absolute Gasteiger partial charge is 0.430 e. The standard InChI is InChI=1S/C15H20O2/c1-14(2)13(16)17-12-10-8-6-4-5-7-9-11-15(12,14)3/h4-6,8,10H,7,9,11H2,1-3H3/b5-4-,8-6-,12-10+. The number of hydrogen-bond acceptors (Lipinski definition) is 2. The summed E-state index contributed by atoms with van der Waals surface area (Å²) in [6, 6.07) is 0. The van der Waals surface area contributed by atoms with Crippen molar-refractivity contribution in [3.63, 3.8) is 0 Å². The Morgan fingerprint density at radius 2 is 1.94 bits per heavy atom. The number of esters is 1. The van der Waals surface area contributed by atoms with Crippen LogP contribution in [0.15, 0.2) is 36.1 Å². The van der Waals surface area contributed by atoms with Crippen molar-refractivity contribution in [2.45, 2.75) is 40.0 Å². The zero-order chi connectivity index (χ0) is 12.5. The first-order valence-corrected chi connectivity index (χ1v) is 6.25. The average Bonchev–Trinajstić information content (AvgIpc) is 2.45. The first kappa shape index (κ1) is 12.2. The van der Waals surface area contributed by atoms with Gasteiger partial charge in [0.1, 0.15) is 5.76 Å². The minimum Gasteiger partial charge on any atom is -0.430 e. The van der Waals surface area contributed by atoms with Crippen molar-refractivity contribution in [1.82, 2.24) is 0 Å². The maximum absolute atomic E-state index is 12.0. The van der Waals surface area contributed by atoms with Crippen molar-refractivity contribution in [3.8, 4) is 0 Å². The summed E-state index contributed by atoms with van der Waals surface area (Å²) in [5, 5.41) is 0. The van der Waals surface area contributed by atoms with Gasteiger partial charge in [-0.3, -0.25) is 4.79 Å². The summed E-state index contributed by atoms with van der Waals surface area (Å²) in [4.78, 5) is 12.0. The molecule has 2 nitrogen and oxygen atoms in total. The Morgan fingerprint density at radius 1 is 1.18 bits per heavy atom. The Balaban J connectivity index is 2.43. The summed E-state index contributed by atoms with van der Waals surface area (Å²) < 4.78 is 5.46. The van der Waals surface area contributed by atoms with Crippen LogP contribution in [-0.4, -0.2) is 5.97 Å². The maximum Gasteiger partial charge on any atom is 0.317 e. The zero-order valence-electron chi connectivity index (χ0n) is 10.8. The predicted molar refractivity (Wildman–Crippen MR) is 68.2 cm³/mol. The molecule has 92 valence electrons. The molecule has 0 amide bonds. The highest BCUT2D eigenvalue weighted by atomic mass is 16.5. The second-order valence-electron chi connectivity index (χ2n) is 5.58. The van der Waals surface area contributed by atoms with Gasteiger partial charge in [-0.25, -0.2) is 0 Å². The molecular weight excluding hydrogens is 212 g/mol. The number of carbonyl (C=O) groups excluding carboxylic acids is 1. The van der Waals surface area contributed by atoms with Gasteiger partial charge >= 0.3 is 5.97 Å². The third kappa shape index (κ3) is 1.86. The molecule has 2 heteroatoms. The van der Waals surface area contributed by atoms with Crippen LogP contribution < -0.4 is 0 Å². The van der Waals surface area contributed by atoms with Crippen LogP contribution in [0.4, 0.5) is 0 Å². The lowest BCUT2D eigenvalue weighted by atomic mass is 9.64. The van der Waals surface area contributed by atoms with Crippen LogP contribution in [0.5, 0.6) is 0 Å². The Hall–Kier alpha value is -1.31. The van der Waals surface area contributed by atoms with Gasteiger partial charge < -0.3 is 4.74 Å². The molecule has 1 fully saturated rings. The van der Waals surface area contributed by atoms with Crippen molar-refractivity contribution in [2.75, 3.05) is 0 Å². The van der Waals surface area contributed by atoms with Crippen LogP contribution in [-0.2, 0) is 9.53 Å². The van der Waals surface area contributed by atoms with Gasteiger partial charge in [-0.2, -0.15) is 0 Å². The molecule has 0 N–H and O–H groups in total. The molecule has 0 bridgehead atoms. The molecule has 2 rings (SSSR count). The highest BCUT2D eigenvalue weighted by Crippen LogP contribution is 2.54. The van der Waals surface area contributed by atoms with Crippen molar-refractivity contribution >= 4 is 5.97 Å². The van der Waals surface area contributed by atoms with Crippen LogP contribution >= 0.6 is 0 Å². The summed E-state index contributed by atoms with van der Waals surface area (Å²) in [5.74, 6) is 0.714. The number of rotatable bonds is 0. The summed E-state index contributed by atoms with van der Waals surface area (Å²) >= 11 is 0. The van der Waals surface area contributed by atoms with E-state index in [4.69, 9.17) is 4.74 Å². The molecule has 0 spiro atoms.